The molecule has 1 fully saturated rings. The van der Waals surface area contributed by atoms with Crippen LogP contribution in [0.2, 0.25) is 0 Å². The number of carboxylic acid groups (broad SMARTS) is 1. The van der Waals surface area contributed by atoms with Crippen LogP contribution in [0.4, 0.5) is 0 Å². The number of aromatic carboxylic acids is 1. The van der Waals surface area contributed by atoms with E-state index in [0.29, 0.717) is 11.8 Å². The molecule has 2 rings (SSSR count). The zero-order chi connectivity index (χ0) is 12.3. The molecule has 1 amide bonds. The predicted octanol–water partition coefficient (Wildman–Crippen LogP) is 1.49. The maximum absolute atomic E-state index is 11.3. The number of carboxylic acids is 1. The zero-order valence-corrected chi connectivity index (χ0v) is 9.96. The van der Waals surface area contributed by atoms with Crippen molar-refractivity contribution in [2.75, 3.05) is 6.61 Å². The normalized spacial score (nSPS) is 14.4. The number of amides is 1. The maximum atomic E-state index is 11.3. The third-order valence-corrected chi connectivity index (χ3v) is 3.24. The van der Waals surface area contributed by atoms with Crippen molar-refractivity contribution in [3.8, 4) is 5.75 Å². The molecule has 1 saturated carbocycles. The van der Waals surface area contributed by atoms with Crippen LogP contribution in [0.3, 0.4) is 0 Å². The third-order valence-electron chi connectivity index (χ3n) is 2.35. The fourth-order valence-electron chi connectivity index (χ4n) is 1.35. The van der Waals surface area contributed by atoms with Gasteiger partial charge in [0.15, 0.2) is 4.88 Å². The molecule has 1 heterocycles. The van der Waals surface area contributed by atoms with Crippen LogP contribution in [0.5, 0.6) is 5.75 Å². The van der Waals surface area contributed by atoms with Gasteiger partial charge in [0.05, 0.1) is 13.0 Å². The molecule has 1 aliphatic rings. The number of hydrogen-bond donors (Lipinski definition) is 2. The highest BCUT2D eigenvalue weighted by atomic mass is 32.1. The molecule has 0 bridgehead atoms. The van der Waals surface area contributed by atoms with Crippen molar-refractivity contribution < 1.29 is 19.4 Å². The molecule has 0 radical (unpaired) electrons. The van der Waals surface area contributed by atoms with Gasteiger partial charge in [-0.3, -0.25) is 4.79 Å². The van der Waals surface area contributed by atoms with E-state index in [0.717, 1.165) is 24.2 Å². The summed E-state index contributed by atoms with van der Waals surface area (Å²) in [5.41, 5.74) is 0. The highest BCUT2D eigenvalue weighted by Crippen LogP contribution is 2.24. The van der Waals surface area contributed by atoms with Gasteiger partial charge in [-0.2, -0.15) is 0 Å². The lowest BCUT2D eigenvalue weighted by atomic mass is 10.4. The third kappa shape index (κ3) is 3.45. The molecule has 0 spiro atoms. The largest absolute Gasteiger partial charge is 0.491 e. The van der Waals surface area contributed by atoms with Crippen LogP contribution < -0.4 is 10.1 Å². The second-order valence-electron chi connectivity index (χ2n) is 3.86. The molecule has 6 heteroatoms. The number of ether oxygens (including phenoxy) is 1. The van der Waals surface area contributed by atoms with E-state index in [4.69, 9.17) is 9.84 Å². The molecule has 5 nitrogen and oxygen atoms in total. The van der Waals surface area contributed by atoms with Gasteiger partial charge in [0.1, 0.15) is 5.75 Å². The number of rotatable bonds is 6. The minimum Gasteiger partial charge on any atom is -0.491 e. The summed E-state index contributed by atoms with van der Waals surface area (Å²) in [4.78, 5) is 22.3. The van der Waals surface area contributed by atoms with Gasteiger partial charge in [-0.1, -0.05) is 0 Å². The molecule has 1 aromatic rings. The van der Waals surface area contributed by atoms with Crippen molar-refractivity contribution in [3.05, 3.63) is 16.3 Å². The lowest BCUT2D eigenvalue weighted by Gasteiger charge is -2.05. The smallest absolute Gasteiger partial charge is 0.349 e. The zero-order valence-electron chi connectivity index (χ0n) is 9.14. The van der Waals surface area contributed by atoms with E-state index in [1.807, 2.05) is 0 Å². The summed E-state index contributed by atoms with van der Waals surface area (Å²) in [6, 6.07) is 1.95. The SMILES string of the molecule is O=C(CCOc1ccsc1C(=O)O)NC1CC1. The number of nitrogens with one attached hydrogen (secondary N) is 1. The summed E-state index contributed by atoms with van der Waals surface area (Å²) < 4.78 is 5.28. The highest BCUT2D eigenvalue weighted by Gasteiger charge is 2.23. The Bertz CT molecular complexity index is 425. The molecule has 1 aliphatic carbocycles. The first kappa shape index (κ1) is 11.9. The number of thiophene rings is 1. The Morgan fingerprint density at radius 1 is 1.53 bits per heavy atom. The molecular weight excluding hydrogens is 242 g/mol. The molecule has 0 aliphatic heterocycles. The fourth-order valence-corrected chi connectivity index (χ4v) is 2.02. The summed E-state index contributed by atoms with van der Waals surface area (Å²) in [5, 5.41) is 13.3. The van der Waals surface area contributed by atoms with E-state index >= 15 is 0 Å². The first-order chi connectivity index (χ1) is 8.16. The predicted molar refractivity (Wildman–Crippen MR) is 62.6 cm³/mol. The standard InChI is InChI=1S/C11H13NO4S/c13-9(12-7-1-2-7)3-5-16-8-4-6-17-10(8)11(14)15/h4,6-7H,1-3,5H2,(H,12,13)(H,14,15). The van der Waals surface area contributed by atoms with Gasteiger partial charge in [-0.25, -0.2) is 4.79 Å². The van der Waals surface area contributed by atoms with E-state index in [9.17, 15) is 9.59 Å². The minimum absolute atomic E-state index is 0.0420. The van der Waals surface area contributed by atoms with Gasteiger partial charge in [0.2, 0.25) is 5.91 Å². The van der Waals surface area contributed by atoms with E-state index in [1.54, 1.807) is 11.4 Å². The van der Waals surface area contributed by atoms with Gasteiger partial charge < -0.3 is 15.2 Å². The molecule has 1 aromatic heterocycles. The van der Waals surface area contributed by atoms with Gasteiger partial charge in [-0.15, -0.1) is 11.3 Å². The Kier molecular flexibility index (Phi) is 3.63. The van der Waals surface area contributed by atoms with Gasteiger partial charge >= 0.3 is 5.97 Å². The van der Waals surface area contributed by atoms with E-state index in [2.05, 4.69) is 5.32 Å². The Balaban J connectivity index is 1.75. The summed E-state index contributed by atoms with van der Waals surface area (Å²) in [6.07, 6.45) is 2.37. The molecule has 0 saturated heterocycles. The summed E-state index contributed by atoms with van der Waals surface area (Å²) in [7, 11) is 0. The Morgan fingerprint density at radius 2 is 2.29 bits per heavy atom. The van der Waals surface area contributed by atoms with Gasteiger partial charge in [0, 0.05) is 6.04 Å². The van der Waals surface area contributed by atoms with Crippen LogP contribution in [0.15, 0.2) is 11.4 Å². The number of carbonyl (C=O) groups is 2. The average molecular weight is 255 g/mol. The van der Waals surface area contributed by atoms with Crippen LogP contribution in [-0.2, 0) is 4.79 Å². The van der Waals surface area contributed by atoms with E-state index < -0.39 is 5.97 Å². The van der Waals surface area contributed by atoms with E-state index in [1.165, 1.54) is 0 Å². The van der Waals surface area contributed by atoms with Crippen molar-refractivity contribution in [2.45, 2.75) is 25.3 Å². The average Bonchev–Trinajstić information content (AvgIpc) is 2.94. The molecule has 2 N–H and O–H groups in total. The van der Waals surface area contributed by atoms with Crippen molar-refractivity contribution in [3.63, 3.8) is 0 Å². The number of carbonyl (C=O) groups excluding carboxylic acids is 1. The van der Waals surface area contributed by atoms with Crippen LogP contribution in [0.1, 0.15) is 28.9 Å². The Morgan fingerprint density at radius 3 is 2.94 bits per heavy atom. The van der Waals surface area contributed by atoms with Crippen LogP contribution in [0.25, 0.3) is 0 Å². The van der Waals surface area contributed by atoms with Gasteiger partial charge in [0.25, 0.3) is 0 Å². The quantitative estimate of drug-likeness (QED) is 0.807. The minimum atomic E-state index is -1.00. The van der Waals surface area contributed by atoms with Crippen molar-refractivity contribution in [1.29, 1.82) is 0 Å². The first-order valence-corrected chi connectivity index (χ1v) is 6.27. The van der Waals surface area contributed by atoms with Crippen LogP contribution in [-0.4, -0.2) is 29.6 Å². The lowest BCUT2D eigenvalue weighted by molar-refractivity contribution is -0.121. The topological polar surface area (TPSA) is 75.6 Å². The van der Waals surface area contributed by atoms with Gasteiger partial charge in [-0.05, 0) is 24.3 Å². The Hall–Kier alpha value is -1.56. The fraction of sp³-hybridized carbons (Fsp3) is 0.455. The molecule has 92 valence electrons. The summed E-state index contributed by atoms with van der Waals surface area (Å²) in [5.74, 6) is -0.709. The van der Waals surface area contributed by atoms with Crippen LogP contribution >= 0.6 is 11.3 Å². The molecule has 0 unspecified atom stereocenters. The number of hydrogen-bond acceptors (Lipinski definition) is 4. The van der Waals surface area contributed by atoms with E-state index in [-0.39, 0.29) is 23.8 Å². The Labute approximate surface area is 102 Å². The molecule has 17 heavy (non-hydrogen) atoms. The molecule has 0 aromatic carbocycles. The monoisotopic (exact) mass is 255 g/mol. The van der Waals surface area contributed by atoms with Crippen molar-refractivity contribution in [2.24, 2.45) is 0 Å². The summed E-state index contributed by atoms with van der Waals surface area (Å²) in [6.45, 7) is 0.204. The van der Waals surface area contributed by atoms with Crippen molar-refractivity contribution >= 4 is 23.2 Å². The second-order valence-corrected chi connectivity index (χ2v) is 4.78. The molecule has 0 atom stereocenters. The maximum Gasteiger partial charge on any atom is 0.349 e. The first-order valence-electron chi connectivity index (χ1n) is 5.40. The summed E-state index contributed by atoms with van der Waals surface area (Å²) >= 11 is 1.11. The second kappa shape index (κ2) is 5.18. The van der Waals surface area contributed by atoms with Crippen LogP contribution in [0, 0.1) is 0 Å². The highest BCUT2D eigenvalue weighted by molar-refractivity contribution is 7.12. The lowest BCUT2D eigenvalue weighted by Crippen LogP contribution is -2.26. The molecular formula is C11H13NO4S. The van der Waals surface area contributed by atoms with Crippen molar-refractivity contribution in [1.82, 2.24) is 5.32 Å².